The summed E-state index contributed by atoms with van der Waals surface area (Å²) < 4.78 is 1.61. The molecule has 6 nitrogen and oxygen atoms in total. The minimum atomic E-state index is -0.0819. The van der Waals surface area contributed by atoms with Crippen molar-refractivity contribution in [3.05, 3.63) is 40.5 Å². The Kier molecular flexibility index (Phi) is 3.07. The van der Waals surface area contributed by atoms with E-state index in [1.54, 1.807) is 10.6 Å². The van der Waals surface area contributed by atoms with E-state index in [9.17, 15) is 5.11 Å². The molecule has 0 fully saturated rings. The number of nitrogens with one attached hydrogen (secondary N) is 1. The van der Waals surface area contributed by atoms with Crippen molar-refractivity contribution in [2.75, 3.05) is 0 Å². The Balaban J connectivity index is 1.91. The Morgan fingerprint density at radius 2 is 2.00 bits per heavy atom. The third-order valence-electron chi connectivity index (χ3n) is 3.12. The van der Waals surface area contributed by atoms with Gasteiger partial charge in [0, 0.05) is 11.8 Å². The van der Waals surface area contributed by atoms with Crippen LogP contribution in [0.3, 0.4) is 0 Å². The fourth-order valence-corrected chi connectivity index (χ4v) is 3.31. The average molecular weight is 352 g/mol. The standard InChI is InChI=1S/C13H7Cl2N5OS/c14-9-6(3-4-8(21)10(9)15)11-17-18-13-20(11)19-12(22-13)7-2-1-5-16-7/h1-5,16,21H. The third-order valence-corrected chi connectivity index (χ3v) is 4.93. The molecule has 9 heteroatoms. The molecular weight excluding hydrogens is 345 g/mol. The first-order valence-corrected chi connectivity index (χ1v) is 7.75. The Bertz CT molecular complexity index is 976. The second-order valence-corrected chi connectivity index (χ2v) is 6.18. The van der Waals surface area contributed by atoms with Gasteiger partial charge in [-0.3, -0.25) is 0 Å². The lowest BCUT2D eigenvalue weighted by Crippen LogP contribution is -1.92. The molecule has 0 aliphatic rings. The second-order valence-electron chi connectivity index (χ2n) is 4.47. The van der Waals surface area contributed by atoms with Gasteiger partial charge < -0.3 is 10.1 Å². The van der Waals surface area contributed by atoms with E-state index in [-0.39, 0.29) is 15.8 Å². The molecular formula is C13H7Cl2N5OS. The molecule has 22 heavy (non-hydrogen) atoms. The number of phenolic OH excluding ortho intramolecular Hbond substituents is 1. The number of aromatic amines is 1. The average Bonchev–Trinajstić information content (AvgIpc) is 3.20. The predicted octanol–water partition coefficient (Wildman–Crippen LogP) is 3.86. The van der Waals surface area contributed by atoms with E-state index in [1.165, 1.54) is 17.4 Å². The van der Waals surface area contributed by atoms with Gasteiger partial charge in [-0.05, 0) is 24.3 Å². The monoisotopic (exact) mass is 351 g/mol. The fourth-order valence-electron chi connectivity index (χ4n) is 2.07. The quantitative estimate of drug-likeness (QED) is 0.574. The first-order valence-electron chi connectivity index (χ1n) is 6.18. The molecule has 0 atom stereocenters. The number of benzene rings is 1. The van der Waals surface area contributed by atoms with E-state index in [2.05, 4.69) is 20.3 Å². The van der Waals surface area contributed by atoms with Crippen LogP contribution in [0.4, 0.5) is 0 Å². The molecule has 0 bridgehead atoms. The second kappa shape index (κ2) is 4.98. The van der Waals surface area contributed by atoms with Gasteiger partial charge in [-0.2, -0.15) is 9.61 Å². The number of hydrogen-bond acceptors (Lipinski definition) is 5. The van der Waals surface area contributed by atoms with E-state index in [1.807, 2.05) is 18.3 Å². The number of hydrogen-bond donors (Lipinski definition) is 2. The van der Waals surface area contributed by atoms with Gasteiger partial charge >= 0.3 is 0 Å². The minimum absolute atomic E-state index is 0.0794. The van der Waals surface area contributed by atoms with Crippen molar-refractivity contribution in [1.82, 2.24) is 24.8 Å². The Labute approximate surface area is 138 Å². The minimum Gasteiger partial charge on any atom is -0.506 e. The maximum absolute atomic E-state index is 9.59. The number of phenols is 1. The highest BCUT2D eigenvalue weighted by Gasteiger charge is 2.19. The van der Waals surface area contributed by atoms with Gasteiger partial charge in [0.25, 0.3) is 0 Å². The third kappa shape index (κ3) is 1.98. The van der Waals surface area contributed by atoms with Crippen LogP contribution in [0.5, 0.6) is 5.75 Å². The number of halogens is 2. The lowest BCUT2D eigenvalue weighted by molar-refractivity contribution is 0.475. The summed E-state index contributed by atoms with van der Waals surface area (Å²) in [5.74, 6) is 0.387. The summed E-state index contributed by atoms with van der Waals surface area (Å²) in [5, 5.41) is 23.4. The van der Waals surface area contributed by atoms with Crippen molar-refractivity contribution in [3.63, 3.8) is 0 Å². The largest absolute Gasteiger partial charge is 0.506 e. The van der Waals surface area contributed by atoms with E-state index in [4.69, 9.17) is 23.2 Å². The van der Waals surface area contributed by atoms with Crippen LogP contribution in [0.2, 0.25) is 10.0 Å². The summed E-state index contributed by atoms with van der Waals surface area (Å²) in [7, 11) is 0. The SMILES string of the molecule is Oc1ccc(-c2nnc3sc(-c4ccc[nH]4)nn23)c(Cl)c1Cl. The topological polar surface area (TPSA) is 79.1 Å². The van der Waals surface area contributed by atoms with Gasteiger partial charge in [0.05, 0.1) is 10.7 Å². The molecule has 1 aromatic carbocycles. The van der Waals surface area contributed by atoms with Crippen LogP contribution in [0.25, 0.3) is 27.1 Å². The predicted molar refractivity (Wildman–Crippen MR) is 85.6 cm³/mol. The molecule has 4 rings (SSSR count). The first-order chi connectivity index (χ1) is 10.6. The van der Waals surface area contributed by atoms with Gasteiger partial charge in [0.15, 0.2) is 10.8 Å². The molecule has 0 saturated heterocycles. The molecule has 4 aromatic rings. The molecule has 0 amide bonds. The highest BCUT2D eigenvalue weighted by atomic mass is 35.5. The molecule has 2 N–H and O–H groups in total. The van der Waals surface area contributed by atoms with Crippen molar-refractivity contribution in [2.45, 2.75) is 0 Å². The van der Waals surface area contributed by atoms with E-state index >= 15 is 0 Å². The number of rotatable bonds is 2. The van der Waals surface area contributed by atoms with Gasteiger partial charge in [0.1, 0.15) is 10.8 Å². The first kappa shape index (κ1) is 13.6. The highest BCUT2D eigenvalue weighted by molar-refractivity contribution is 7.19. The summed E-state index contributed by atoms with van der Waals surface area (Å²) in [6.07, 6.45) is 1.83. The van der Waals surface area contributed by atoms with Gasteiger partial charge in [-0.1, -0.05) is 34.5 Å². The number of fused-ring (bicyclic) bond motifs is 1. The fraction of sp³-hybridized carbons (Fsp3) is 0. The van der Waals surface area contributed by atoms with Crippen LogP contribution in [-0.2, 0) is 0 Å². The molecule has 110 valence electrons. The zero-order valence-corrected chi connectivity index (χ0v) is 13.1. The van der Waals surface area contributed by atoms with Crippen LogP contribution in [-0.4, -0.2) is 29.9 Å². The Hall–Kier alpha value is -2.09. The van der Waals surface area contributed by atoms with E-state index in [0.717, 1.165) is 10.7 Å². The van der Waals surface area contributed by atoms with Crippen molar-refractivity contribution in [1.29, 1.82) is 0 Å². The molecule has 0 saturated carbocycles. The maximum Gasteiger partial charge on any atom is 0.235 e. The summed E-state index contributed by atoms with van der Waals surface area (Å²) in [6.45, 7) is 0. The molecule has 0 spiro atoms. The molecule has 3 aromatic heterocycles. The molecule has 0 aliphatic carbocycles. The van der Waals surface area contributed by atoms with E-state index < -0.39 is 0 Å². The van der Waals surface area contributed by atoms with Crippen molar-refractivity contribution >= 4 is 39.5 Å². The van der Waals surface area contributed by atoms with E-state index in [0.29, 0.717) is 16.3 Å². The Morgan fingerprint density at radius 3 is 2.77 bits per heavy atom. The van der Waals surface area contributed by atoms with Crippen molar-refractivity contribution < 1.29 is 5.11 Å². The lowest BCUT2D eigenvalue weighted by Gasteiger charge is -2.04. The zero-order chi connectivity index (χ0) is 15.3. The molecule has 0 unspecified atom stereocenters. The van der Waals surface area contributed by atoms with Crippen molar-refractivity contribution in [3.8, 4) is 27.8 Å². The number of H-pyrrole nitrogens is 1. The number of aromatic hydroxyl groups is 1. The molecule has 3 heterocycles. The van der Waals surface area contributed by atoms with Crippen LogP contribution in [0.15, 0.2) is 30.5 Å². The summed E-state index contributed by atoms with van der Waals surface area (Å²) in [4.78, 5) is 3.74. The number of aromatic nitrogens is 5. The maximum atomic E-state index is 9.59. The lowest BCUT2D eigenvalue weighted by atomic mass is 10.2. The number of nitrogens with zero attached hydrogens (tertiary/aromatic N) is 4. The highest BCUT2D eigenvalue weighted by Crippen LogP contribution is 2.38. The molecule has 0 radical (unpaired) electrons. The van der Waals surface area contributed by atoms with Gasteiger partial charge in [-0.25, -0.2) is 0 Å². The van der Waals surface area contributed by atoms with Crippen LogP contribution in [0, 0.1) is 0 Å². The van der Waals surface area contributed by atoms with Gasteiger partial charge in [-0.15, -0.1) is 10.2 Å². The summed E-state index contributed by atoms with van der Waals surface area (Å²) in [5.41, 5.74) is 1.46. The normalized spacial score (nSPS) is 11.4. The van der Waals surface area contributed by atoms with Crippen LogP contribution in [0.1, 0.15) is 0 Å². The molecule has 0 aliphatic heterocycles. The van der Waals surface area contributed by atoms with Gasteiger partial charge in [0.2, 0.25) is 4.96 Å². The van der Waals surface area contributed by atoms with Crippen LogP contribution < -0.4 is 0 Å². The van der Waals surface area contributed by atoms with Crippen LogP contribution >= 0.6 is 34.5 Å². The zero-order valence-electron chi connectivity index (χ0n) is 10.8. The summed E-state index contributed by atoms with van der Waals surface area (Å²) in [6, 6.07) is 6.92. The Morgan fingerprint density at radius 1 is 1.14 bits per heavy atom. The summed E-state index contributed by atoms with van der Waals surface area (Å²) >= 11 is 13.6. The van der Waals surface area contributed by atoms with Crippen molar-refractivity contribution in [2.24, 2.45) is 0 Å². The smallest absolute Gasteiger partial charge is 0.235 e.